The average molecular weight is 315 g/mol. The Hall–Kier alpha value is -2.34. The number of anilines is 1. The van der Waals surface area contributed by atoms with Gasteiger partial charge in [0, 0.05) is 0 Å². The van der Waals surface area contributed by atoms with Crippen molar-refractivity contribution in [2.45, 2.75) is 33.2 Å². The van der Waals surface area contributed by atoms with E-state index in [0.29, 0.717) is 17.9 Å². The third-order valence-electron chi connectivity index (χ3n) is 4.38. The molecule has 1 aliphatic heterocycles. The van der Waals surface area contributed by atoms with Crippen molar-refractivity contribution in [2.75, 3.05) is 18.5 Å². The molecule has 1 aromatic carbocycles. The Morgan fingerprint density at radius 1 is 1.26 bits per heavy atom. The number of para-hydroxylation sites is 1. The normalized spacial score (nSPS) is 16.7. The minimum absolute atomic E-state index is 0.281. The summed E-state index contributed by atoms with van der Waals surface area (Å²) in [6.45, 7) is 6.51. The molecule has 0 aliphatic carbocycles. The van der Waals surface area contributed by atoms with Gasteiger partial charge in [-0.05, 0) is 25.0 Å². The third kappa shape index (κ3) is 2.94. The highest BCUT2D eigenvalue weighted by atomic mass is 16.2. The highest BCUT2D eigenvalue weighted by Crippen LogP contribution is 2.18. The standard InChI is InChI=1S/C17H22N4O2/c1-3-4-9-20-10-13-15(18-11-20)21(17(23)19-16(13)22)14-8-6-5-7-12(14)2/h5-8,18H,3-4,9-11H2,1-2H3,(H,19,22,23)/p+1. The first kappa shape index (κ1) is 15.6. The van der Waals surface area contributed by atoms with E-state index in [2.05, 4.69) is 17.2 Å². The molecule has 1 aromatic heterocycles. The van der Waals surface area contributed by atoms with Gasteiger partial charge in [0.25, 0.3) is 5.56 Å². The molecule has 0 amide bonds. The number of aryl methyl sites for hydroxylation is 1. The van der Waals surface area contributed by atoms with Crippen LogP contribution in [0.5, 0.6) is 0 Å². The number of hydrogen-bond acceptors (Lipinski definition) is 3. The maximum absolute atomic E-state index is 12.4. The summed E-state index contributed by atoms with van der Waals surface area (Å²) in [5.74, 6) is 0.633. The Balaban J connectivity index is 2.09. The lowest BCUT2D eigenvalue weighted by molar-refractivity contribution is -0.912. The van der Waals surface area contributed by atoms with E-state index < -0.39 is 5.69 Å². The molecule has 3 N–H and O–H groups in total. The van der Waals surface area contributed by atoms with Gasteiger partial charge in [-0.15, -0.1) is 0 Å². The number of hydrogen-bond donors (Lipinski definition) is 3. The molecular weight excluding hydrogens is 292 g/mol. The number of nitrogens with zero attached hydrogens (tertiary/aromatic N) is 1. The van der Waals surface area contributed by atoms with Crippen molar-refractivity contribution in [3.8, 4) is 5.69 Å². The molecule has 3 rings (SSSR count). The lowest BCUT2D eigenvalue weighted by Gasteiger charge is -2.28. The van der Waals surface area contributed by atoms with Crippen LogP contribution in [0.2, 0.25) is 0 Å². The summed E-state index contributed by atoms with van der Waals surface area (Å²) in [5, 5.41) is 3.30. The maximum Gasteiger partial charge on any atom is 0.334 e. The molecule has 122 valence electrons. The largest absolute Gasteiger partial charge is 0.334 e. The fourth-order valence-corrected chi connectivity index (χ4v) is 3.09. The summed E-state index contributed by atoms with van der Waals surface area (Å²) >= 11 is 0. The molecule has 1 unspecified atom stereocenters. The van der Waals surface area contributed by atoms with E-state index >= 15 is 0 Å². The van der Waals surface area contributed by atoms with Crippen molar-refractivity contribution in [3.63, 3.8) is 0 Å². The zero-order chi connectivity index (χ0) is 16.4. The molecule has 2 aromatic rings. The molecule has 1 aliphatic rings. The fourth-order valence-electron chi connectivity index (χ4n) is 3.09. The summed E-state index contributed by atoms with van der Waals surface area (Å²) in [5.41, 5.74) is 1.77. The number of aromatic nitrogens is 2. The van der Waals surface area contributed by atoms with Gasteiger partial charge in [-0.2, -0.15) is 0 Å². The molecular formula is C17H23N4O2+. The zero-order valence-corrected chi connectivity index (χ0v) is 13.6. The Kier molecular flexibility index (Phi) is 4.34. The molecule has 1 atom stereocenters. The van der Waals surface area contributed by atoms with E-state index in [0.717, 1.165) is 37.3 Å². The van der Waals surface area contributed by atoms with Crippen LogP contribution < -0.4 is 21.5 Å². The van der Waals surface area contributed by atoms with Gasteiger partial charge in [-0.3, -0.25) is 9.78 Å². The van der Waals surface area contributed by atoms with E-state index in [4.69, 9.17) is 0 Å². The van der Waals surface area contributed by atoms with Crippen LogP contribution in [0.15, 0.2) is 33.9 Å². The van der Waals surface area contributed by atoms with Crippen LogP contribution in [0.4, 0.5) is 5.82 Å². The van der Waals surface area contributed by atoms with Crippen molar-refractivity contribution in [1.82, 2.24) is 9.55 Å². The van der Waals surface area contributed by atoms with E-state index in [1.54, 1.807) is 4.57 Å². The van der Waals surface area contributed by atoms with E-state index in [1.807, 2.05) is 31.2 Å². The van der Waals surface area contributed by atoms with E-state index in [9.17, 15) is 9.59 Å². The molecule has 0 bridgehead atoms. The molecule has 0 saturated carbocycles. The van der Waals surface area contributed by atoms with Crippen molar-refractivity contribution in [3.05, 3.63) is 56.2 Å². The van der Waals surface area contributed by atoms with Crippen molar-refractivity contribution in [1.29, 1.82) is 0 Å². The molecule has 0 radical (unpaired) electrons. The molecule has 6 nitrogen and oxygen atoms in total. The van der Waals surface area contributed by atoms with Crippen LogP contribution in [0.3, 0.4) is 0 Å². The molecule has 0 saturated heterocycles. The van der Waals surface area contributed by atoms with Gasteiger partial charge >= 0.3 is 5.69 Å². The smallest absolute Gasteiger partial charge is 0.324 e. The van der Waals surface area contributed by atoms with Crippen molar-refractivity contribution in [2.24, 2.45) is 0 Å². The van der Waals surface area contributed by atoms with E-state index in [-0.39, 0.29) is 5.56 Å². The lowest BCUT2D eigenvalue weighted by Crippen LogP contribution is -3.12. The van der Waals surface area contributed by atoms with Gasteiger partial charge in [0.2, 0.25) is 0 Å². The minimum Gasteiger partial charge on any atom is -0.324 e. The number of benzene rings is 1. The topological polar surface area (TPSA) is 71.3 Å². The predicted octanol–water partition coefficient (Wildman–Crippen LogP) is 0.402. The van der Waals surface area contributed by atoms with Gasteiger partial charge in [0.15, 0.2) is 6.67 Å². The molecule has 6 heteroatoms. The summed E-state index contributed by atoms with van der Waals surface area (Å²) in [6, 6.07) is 7.69. The van der Waals surface area contributed by atoms with Crippen LogP contribution in [0.1, 0.15) is 30.9 Å². The highest BCUT2D eigenvalue weighted by Gasteiger charge is 2.25. The van der Waals surface area contributed by atoms with Crippen molar-refractivity contribution < 1.29 is 4.90 Å². The van der Waals surface area contributed by atoms with Gasteiger partial charge in [-0.1, -0.05) is 31.5 Å². The molecule has 0 fully saturated rings. The second-order valence-electron chi connectivity index (χ2n) is 6.09. The lowest BCUT2D eigenvalue weighted by atomic mass is 10.1. The van der Waals surface area contributed by atoms with Gasteiger partial charge in [0.1, 0.15) is 17.9 Å². The van der Waals surface area contributed by atoms with Crippen LogP contribution in [-0.4, -0.2) is 22.8 Å². The summed E-state index contributed by atoms with van der Waals surface area (Å²) < 4.78 is 1.59. The number of H-pyrrole nitrogens is 1. The Bertz CT molecular complexity index is 822. The quantitative estimate of drug-likeness (QED) is 0.765. The first-order valence-electron chi connectivity index (χ1n) is 8.13. The maximum atomic E-state index is 12.4. The number of quaternary nitrogens is 1. The van der Waals surface area contributed by atoms with Gasteiger partial charge in [0.05, 0.1) is 12.2 Å². The number of rotatable bonds is 4. The zero-order valence-electron chi connectivity index (χ0n) is 13.6. The Morgan fingerprint density at radius 3 is 2.78 bits per heavy atom. The van der Waals surface area contributed by atoms with Crippen LogP contribution in [-0.2, 0) is 6.54 Å². The summed E-state index contributed by atoms with van der Waals surface area (Å²) in [6.07, 6.45) is 2.26. The van der Waals surface area contributed by atoms with Crippen LogP contribution >= 0.6 is 0 Å². The fraction of sp³-hybridized carbons (Fsp3) is 0.412. The SMILES string of the molecule is CCCC[NH+]1CNc2c(c(=O)[nH]c(=O)n2-c2ccccc2C)C1. The van der Waals surface area contributed by atoms with Gasteiger partial charge < -0.3 is 10.2 Å². The third-order valence-corrected chi connectivity index (χ3v) is 4.38. The first-order chi connectivity index (χ1) is 11.1. The van der Waals surface area contributed by atoms with Gasteiger partial charge in [-0.25, -0.2) is 9.36 Å². The summed E-state index contributed by atoms with van der Waals surface area (Å²) in [4.78, 5) is 28.4. The number of unbranched alkanes of at least 4 members (excludes halogenated alkanes) is 1. The average Bonchev–Trinajstić information content (AvgIpc) is 2.55. The van der Waals surface area contributed by atoms with E-state index in [1.165, 1.54) is 4.90 Å². The predicted molar refractivity (Wildman–Crippen MR) is 90.3 cm³/mol. The Labute approximate surface area is 134 Å². The van der Waals surface area contributed by atoms with Crippen LogP contribution in [0.25, 0.3) is 5.69 Å². The number of fused-ring (bicyclic) bond motifs is 1. The van der Waals surface area contributed by atoms with Crippen molar-refractivity contribution >= 4 is 5.82 Å². The highest BCUT2D eigenvalue weighted by molar-refractivity contribution is 5.53. The Morgan fingerprint density at radius 2 is 2.04 bits per heavy atom. The monoisotopic (exact) mass is 315 g/mol. The molecule has 23 heavy (non-hydrogen) atoms. The number of aromatic amines is 1. The molecule has 0 spiro atoms. The number of nitrogens with one attached hydrogen (secondary N) is 3. The second kappa shape index (κ2) is 6.42. The minimum atomic E-state index is -0.396. The second-order valence-corrected chi connectivity index (χ2v) is 6.09. The van der Waals surface area contributed by atoms with Crippen LogP contribution in [0, 0.1) is 6.92 Å². The summed E-state index contributed by atoms with van der Waals surface area (Å²) in [7, 11) is 0. The first-order valence-corrected chi connectivity index (χ1v) is 8.13. The molecule has 2 heterocycles.